The highest BCUT2D eigenvalue weighted by molar-refractivity contribution is 7.17. The average Bonchev–Trinajstić information content (AvgIpc) is 3.33. The first-order valence-corrected chi connectivity index (χ1v) is 10.4. The molecule has 160 valence electrons. The number of methoxy groups -OCH3 is 2. The monoisotopic (exact) mass is 430 g/mol. The second kappa shape index (κ2) is 9.77. The number of hydrogen-bond donors (Lipinski definition) is 1. The van der Waals surface area contributed by atoms with Gasteiger partial charge in [0.15, 0.2) is 22.3 Å². The van der Waals surface area contributed by atoms with Crippen molar-refractivity contribution in [2.24, 2.45) is 0 Å². The van der Waals surface area contributed by atoms with E-state index in [4.69, 9.17) is 18.6 Å². The molecule has 0 spiro atoms. The van der Waals surface area contributed by atoms with Gasteiger partial charge < -0.3 is 23.9 Å². The number of ether oxygens (including phenoxy) is 3. The van der Waals surface area contributed by atoms with Crippen molar-refractivity contribution >= 4 is 17.2 Å². The topological polar surface area (TPSA) is 82.8 Å². The maximum atomic E-state index is 12.9. The Balaban J connectivity index is 1.72. The number of amides is 1. The standard InChI is InChI=1S/C22H26N2O5S/c1-13-6-8-18(29-13)22-24-15(3)20(30-22)21(25)23-14(2)16-7-9-17(19(12-16)27-5)28-11-10-26-4/h6-9,12,14H,10-11H2,1-5H3,(H,23,25). The van der Waals surface area contributed by atoms with Crippen molar-refractivity contribution in [3.8, 4) is 22.3 Å². The number of aryl methyl sites for hydroxylation is 2. The highest BCUT2D eigenvalue weighted by Gasteiger charge is 2.20. The Morgan fingerprint density at radius 3 is 2.63 bits per heavy atom. The molecular weight excluding hydrogens is 404 g/mol. The van der Waals surface area contributed by atoms with Gasteiger partial charge in [-0.1, -0.05) is 6.07 Å². The van der Waals surface area contributed by atoms with E-state index in [0.29, 0.717) is 46.1 Å². The Morgan fingerprint density at radius 2 is 1.97 bits per heavy atom. The first kappa shape index (κ1) is 21.9. The Labute approximate surface area is 180 Å². The van der Waals surface area contributed by atoms with Crippen LogP contribution in [0.2, 0.25) is 0 Å². The van der Waals surface area contributed by atoms with Gasteiger partial charge in [0.05, 0.1) is 25.5 Å². The maximum Gasteiger partial charge on any atom is 0.263 e. The molecule has 2 aromatic heterocycles. The van der Waals surface area contributed by atoms with E-state index in [1.54, 1.807) is 14.2 Å². The van der Waals surface area contributed by atoms with E-state index in [9.17, 15) is 4.79 Å². The van der Waals surface area contributed by atoms with E-state index in [1.807, 2.05) is 51.1 Å². The third-order valence-electron chi connectivity index (χ3n) is 4.53. The number of benzene rings is 1. The van der Waals surface area contributed by atoms with E-state index in [1.165, 1.54) is 11.3 Å². The molecule has 0 bridgehead atoms. The molecule has 0 radical (unpaired) electrons. The molecule has 1 aromatic carbocycles. The van der Waals surface area contributed by atoms with Crippen molar-refractivity contribution < 1.29 is 23.4 Å². The number of carbonyl (C=O) groups excluding carboxylic acids is 1. The minimum atomic E-state index is -0.227. The van der Waals surface area contributed by atoms with Gasteiger partial charge in [0, 0.05) is 7.11 Å². The molecule has 1 amide bonds. The highest BCUT2D eigenvalue weighted by Crippen LogP contribution is 2.32. The molecule has 0 aliphatic rings. The second-order valence-corrected chi connectivity index (χ2v) is 7.79. The summed E-state index contributed by atoms with van der Waals surface area (Å²) >= 11 is 1.32. The number of aromatic nitrogens is 1. The van der Waals surface area contributed by atoms with Crippen LogP contribution < -0.4 is 14.8 Å². The van der Waals surface area contributed by atoms with Crippen LogP contribution >= 0.6 is 11.3 Å². The summed E-state index contributed by atoms with van der Waals surface area (Å²) in [6, 6.07) is 9.12. The van der Waals surface area contributed by atoms with Crippen molar-refractivity contribution in [3.05, 3.63) is 52.2 Å². The van der Waals surface area contributed by atoms with Crippen LogP contribution in [0.15, 0.2) is 34.7 Å². The van der Waals surface area contributed by atoms with Crippen LogP contribution in [0.3, 0.4) is 0 Å². The minimum absolute atomic E-state index is 0.175. The largest absolute Gasteiger partial charge is 0.493 e. The number of thiazole rings is 1. The first-order valence-electron chi connectivity index (χ1n) is 9.57. The lowest BCUT2D eigenvalue weighted by atomic mass is 10.1. The molecule has 7 nitrogen and oxygen atoms in total. The van der Waals surface area contributed by atoms with E-state index in [2.05, 4.69) is 10.3 Å². The van der Waals surface area contributed by atoms with Gasteiger partial charge in [-0.2, -0.15) is 0 Å². The Morgan fingerprint density at radius 1 is 1.17 bits per heavy atom. The van der Waals surface area contributed by atoms with E-state index >= 15 is 0 Å². The van der Waals surface area contributed by atoms with E-state index in [-0.39, 0.29) is 11.9 Å². The molecule has 1 N–H and O–H groups in total. The summed E-state index contributed by atoms with van der Waals surface area (Å²) in [4.78, 5) is 17.9. The van der Waals surface area contributed by atoms with Crippen molar-refractivity contribution in [3.63, 3.8) is 0 Å². The van der Waals surface area contributed by atoms with Crippen molar-refractivity contribution in [2.75, 3.05) is 27.4 Å². The van der Waals surface area contributed by atoms with Gasteiger partial charge in [-0.25, -0.2) is 4.98 Å². The third kappa shape index (κ3) is 5.01. The number of furan rings is 1. The van der Waals surface area contributed by atoms with Gasteiger partial charge in [0.2, 0.25) is 0 Å². The summed E-state index contributed by atoms with van der Waals surface area (Å²) in [6.07, 6.45) is 0. The molecule has 8 heteroatoms. The molecule has 2 heterocycles. The molecule has 1 atom stereocenters. The Hall–Kier alpha value is -2.84. The van der Waals surface area contributed by atoms with Gasteiger partial charge in [0.25, 0.3) is 5.91 Å². The predicted molar refractivity (Wildman–Crippen MR) is 116 cm³/mol. The lowest BCUT2D eigenvalue weighted by Crippen LogP contribution is -2.26. The second-order valence-electron chi connectivity index (χ2n) is 6.79. The molecule has 0 fully saturated rings. The van der Waals surface area contributed by atoms with Crippen LogP contribution in [0, 0.1) is 13.8 Å². The zero-order valence-electron chi connectivity index (χ0n) is 17.8. The van der Waals surface area contributed by atoms with Crippen molar-refractivity contribution in [2.45, 2.75) is 26.8 Å². The van der Waals surface area contributed by atoms with Gasteiger partial charge in [0.1, 0.15) is 17.2 Å². The summed E-state index contributed by atoms with van der Waals surface area (Å²) in [6.45, 7) is 6.54. The summed E-state index contributed by atoms with van der Waals surface area (Å²) in [7, 11) is 3.21. The van der Waals surface area contributed by atoms with Crippen LogP contribution in [-0.2, 0) is 4.74 Å². The first-order chi connectivity index (χ1) is 14.4. The molecule has 0 saturated carbocycles. The Bertz CT molecular complexity index is 1010. The Kier molecular flexibility index (Phi) is 7.12. The summed E-state index contributed by atoms with van der Waals surface area (Å²) in [5.41, 5.74) is 1.58. The van der Waals surface area contributed by atoms with Crippen LogP contribution in [-0.4, -0.2) is 38.3 Å². The lowest BCUT2D eigenvalue weighted by Gasteiger charge is -2.17. The number of carbonyl (C=O) groups is 1. The zero-order chi connectivity index (χ0) is 21.7. The number of rotatable bonds is 9. The summed E-state index contributed by atoms with van der Waals surface area (Å²) in [5, 5.41) is 3.72. The fourth-order valence-corrected chi connectivity index (χ4v) is 3.85. The molecule has 3 aromatic rings. The average molecular weight is 431 g/mol. The fraction of sp³-hybridized carbons (Fsp3) is 0.364. The molecule has 1 unspecified atom stereocenters. The molecule has 0 aliphatic carbocycles. The normalized spacial score (nSPS) is 11.9. The zero-order valence-corrected chi connectivity index (χ0v) is 18.6. The summed E-state index contributed by atoms with van der Waals surface area (Å²) in [5.74, 6) is 2.54. The van der Waals surface area contributed by atoms with Gasteiger partial charge >= 0.3 is 0 Å². The van der Waals surface area contributed by atoms with Crippen molar-refractivity contribution in [1.82, 2.24) is 10.3 Å². The van der Waals surface area contributed by atoms with Crippen LogP contribution in [0.4, 0.5) is 0 Å². The molecule has 0 saturated heterocycles. The fourth-order valence-electron chi connectivity index (χ4n) is 2.92. The van der Waals surface area contributed by atoms with Crippen LogP contribution in [0.1, 0.15) is 39.7 Å². The smallest absolute Gasteiger partial charge is 0.263 e. The minimum Gasteiger partial charge on any atom is -0.493 e. The van der Waals surface area contributed by atoms with E-state index in [0.717, 1.165) is 11.3 Å². The van der Waals surface area contributed by atoms with E-state index < -0.39 is 0 Å². The number of nitrogens with zero attached hydrogens (tertiary/aromatic N) is 1. The quantitative estimate of drug-likeness (QED) is 0.502. The molecule has 30 heavy (non-hydrogen) atoms. The van der Waals surface area contributed by atoms with Crippen LogP contribution in [0.5, 0.6) is 11.5 Å². The van der Waals surface area contributed by atoms with Gasteiger partial charge in [-0.15, -0.1) is 11.3 Å². The predicted octanol–water partition coefficient (Wildman–Crippen LogP) is 4.54. The van der Waals surface area contributed by atoms with Crippen LogP contribution in [0.25, 0.3) is 10.8 Å². The molecule has 0 aliphatic heterocycles. The maximum absolute atomic E-state index is 12.9. The van der Waals surface area contributed by atoms with Crippen molar-refractivity contribution in [1.29, 1.82) is 0 Å². The highest BCUT2D eigenvalue weighted by atomic mass is 32.1. The number of hydrogen-bond acceptors (Lipinski definition) is 7. The van der Waals surface area contributed by atoms with Gasteiger partial charge in [-0.05, 0) is 50.6 Å². The summed E-state index contributed by atoms with van der Waals surface area (Å²) < 4.78 is 21.7. The third-order valence-corrected chi connectivity index (χ3v) is 5.71. The lowest BCUT2D eigenvalue weighted by molar-refractivity contribution is 0.0943. The molecular formula is C22H26N2O5S. The molecule has 3 rings (SSSR count). The van der Waals surface area contributed by atoms with Gasteiger partial charge in [-0.3, -0.25) is 4.79 Å². The number of nitrogens with one attached hydrogen (secondary N) is 1. The SMILES string of the molecule is COCCOc1ccc(C(C)NC(=O)c2sc(-c3ccc(C)o3)nc2C)cc1OC.